The second-order valence-corrected chi connectivity index (χ2v) is 2.85. The first kappa shape index (κ1) is 12.0. The average Bonchev–Trinajstić information content (AvgIpc) is 2.70. The van der Waals surface area contributed by atoms with Crippen LogP contribution in [0.4, 0.5) is 0 Å². The molecule has 0 saturated carbocycles. The van der Waals surface area contributed by atoms with Crippen molar-refractivity contribution in [3.63, 3.8) is 0 Å². The van der Waals surface area contributed by atoms with Crippen molar-refractivity contribution in [2.45, 2.75) is 13.8 Å². The predicted octanol–water partition coefficient (Wildman–Crippen LogP) is 2.56. The summed E-state index contributed by atoms with van der Waals surface area (Å²) in [5.41, 5.74) is 6.13. The quantitative estimate of drug-likeness (QED) is 0.759. The average molecular weight is 218 g/mol. The van der Waals surface area contributed by atoms with Gasteiger partial charge in [-0.1, -0.05) is 32.0 Å². The van der Waals surface area contributed by atoms with Gasteiger partial charge in [-0.3, -0.25) is 4.79 Å². The lowest BCUT2D eigenvalue weighted by Gasteiger charge is -1.89. The van der Waals surface area contributed by atoms with Crippen LogP contribution in [0.1, 0.15) is 30.0 Å². The molecule has 0 aliphatic carbocycles. The number of hydrogen-bond donors (Lipinski definition) is 2. The van der Waals surface area contributed by atoms with Crippen LogP contribution in [0.15, 0.2) is 28.7 Å². The molecule has 0 bridgehead atoms. The molecule has 1 amide bonds. The van der Waals surface area contributed by atoms with Crippen molar-refractivity contribution in [2.75, 3.05) is 0 Å². The minimum atomic E-state index is -0.653. The van der Waals surface area contributed by atoms with E-state index >= 15 is 0 Å². The minimum absolute atomic E-state index is 0.0428. The van der Waals surface area contributed by atoms with Gasteiger partial charge < -0.3 is 15.6 Å². The molecule has 1 aromatic heterocycles. The third-order valence-electron chi connectivity index (χ3n) is 2.00. The number of hydrogen-bond acceptors (Lipinski definition) is 3. The molecule has 0 radical (unpaired) electrons. The molecular weight excluding hydrogens is 204 g/mol. The molecular formula is C12H14N2O2. The van der Waals surface area contributed by atoms with Crippen LogP contribution < -0.4 is 5.73 Å². The van der Waals surface area contributed by atoms with E-state index in [-0.39, 0.29) is 5.76 Å². The van der Waals surface area contributed by atoms with E-state index in [9.17, 15) is 4.79 Å². The smallest absolute Gasteiger partial charge is 0.285 e. The van der Waals surface area contributed by atoms with Crippen molar-refractivity contribution in [3.8, 4) is 0 Å². The van der Waals surface area contributed by atoms with Gasteiger partial charge in [-0.25, -0.2) is 0 Å². The first-order valence-corrected chi connectivity index (χ1v) is 5.06. The van der Waals surface area contributed by atoms with Crippen LogP contribution in [0.3, 0.4) is 0 Å². The number of para-hydroxylation sites is 1. The number of nitrogens with two attached hydrogens (primary N) is 1. The molecule has 0 aliphatic heterocycles. The van der Waals surface area contributed by atoms with E-state index in [4.69, 9.17) is 15.6 Å². The van der Waals surface area contributed by atoms with Crippen molar-refractivity contribution >= 4 is 23.1 Å². The third-order valence-corrected chi connectivity index (χ3v) is 2.00. The van der Waals surface area contributed by atoms with E-state index in [1.54, 1.807) is 18.2 Å². The minimum Gasteiger partial charge on any atom is -0.450 e. The van der Waals surface area contributed by atoms with Crippen LogP contribution in [0, 0.1) is 5.41 Å². The Kier molecular flexibility index (Phi) is 3.83. The van der Waals surface area contributed by atoms with E-state index in [0.717, 1.165) is 11.6 Å². The molecule has 2 aromatic rings. The maximum Gasteiger partial charge on any atom is 0.285 e. The number of amides is 1. The monoisotopic (exact) mass is 218 g/mol. The number of rotatable bonds is 2. The SMILES string of the molecule is CC.N=Cc1c(C(N)=O)oc2ccccc12. The Morgan fingerprint density at radius 3 is 2.56 bits per heavy atom. The fourth-order valence-corrected chi connectivity index (χ4v) is 1.39. The van der Waals surface area contributed by atoms with Gasteiger partial charge in [-0.2, -0.15) is 0 Å². The summed E-state index contributed by atoms with van der Waals surface area (Å²) >= 11 is 0. The second kappa shape index (κ2) is 5.11. The van der Waals surface area contributed by atoms with Gasteiger partial charge >= 0.3 is 0 Å². The molecule has 0 atom stereocenters. The zero-order valence-electron chi connectivity index (χ0n) is 9.28. The van der Waals surface area contributed by atoms with Crippen molar-refractivity contribution in [1.82, 2.24) is 0 Å². The van der Waals surface area contributed by atoms with Gasteiger partial charge in [0, 0.05) is 11.6 Å². The Balaban J connectivity index is 0.000000606. The number of carbonyl (C=O) groups is 1. The van der Waals surface area contributed by atoms with Gasteiger partial charge in [-0.05, 0) is 6.07 Å². The highest BCUT2D eigenvalue weighted by Gasteiger charge is 2.15. The van der Waals surface area contributed by atoms with E-state index in [1.165, 1.54) is 0 Å². The summed E-state index contributed by atoms with van der Waals surface area (Å²) in [6, 6.07) is 7.13. The second-order valence-electron chi connectivity index (χ2n) is 2.85. The summed E-state index contributed by atoms with van der Waals surface area (Å²) in [6.07, 6.45) is 1.08. The Bertz CT molecular complexity index is 515. The lowest BCUT2D eigenvalue weighted by Crippen LogP contribution is -2.11. The molecule has 3 N–H and O–H groups in total. The Labute approximate surface area is 93.6 Å². The highest BCUT2D eigenvalue weighted by molar-refractivity contribution is 6.08. The molecule has 84 valence electrons. The largest absolute Gasteiger partial charge is 0.450 e. The van der Waals surface area contributed by atoms with E-state index in [1.807, 2.05) is 19.9 Å². The lowest BCUT2D eigenvalue weighted by molar-refractivity contribution is 0.0976. The van der Waals surface area contributed by atoms with Gasteiger partial charge in [0.1, 0.15) is 5.58 Å². The standard InChI is InChI=1S/C10H8N2O2.C2H6/c11-5-7-6-3-1-2-4-8(6)14-9(7)10(12)13;1-2/h1-5,11H,(H2,12,13);1-2H3. The maximum atomic E-state index is 11.0. The van der Waals surface area contributed by atoms with Crippen LogP contribution in [0.5, 0.6) is 0 Å². The summed E-state index contributed by atoms with van der Waals surface area (Å²) in [5, 5.41) is 7.92. The fraction of sp³-hybridized carbons (Fsp3) is 0.167. The topological polar surface area (TPSA) is 80.1 Å². The van der Waals surface area contributed by atoms with Crippen LogP contribution in [-0.4, -0.2) is 12.1 Å². The van der Waals surface area contributed by atoms with Gasteiger partial charge in [0.15, 0.2) is 0 Å². The summed E-state index contributed by atoms with van der Waals surface area (Å²) in [4.78, 5) is 11.0. The molecule has 0 spiro atoms. The van der Waals surface area contributed by atoms with E-state index in [2.05, 4.69) is 0 Å². The summed E-state index contributed by atoms with van der Waals surface area (Å²) in [6.45, 7) is 4.00. The van der Waals surface area contributed by atoms with Gasteiger partial charge in [0.25, 0.3) is 5.91 Å². The molecule has 1 heterocycles. The number of fused-ring (bicyclic) bond motifs is 1. The molecule has 4 heteroatoms. The number of furan rings is 1. The maximum absolute atomic E-state index is 11.0. The van der Waals surface area contributed by atoms with Crippen molar-refractivity contribution < 1.29 is 9.21 Å². The van der Waals surface area contributed by atoms with E-state index < -0.39 is 5.91 Å². The molecule has 0 unspecified atom stereocenters. The van der Waals surface area contributed by atoms with Gasteiger partial charge in [0.05, 0.1) is 5.56 Å². The summed E-state index contributed by atoms with van der Waals surface area (Å²) in [5.74, 6) is -0.610. The normalized spacial score (nSPS) is 9.38. The molecule has 2 rings (SSSR count). The number of benzene rings is 1. The fourth-order valence-electron chi connectivity index (χ4n) is 1.39. The molecule has 4 nitrogen and oxygen atoms in total. The lowest BCUT2D eigenvalue weighted by atomic mass is 10.1. The van der Waals surface area contributed by atoms with Gasteiger partial charge in [0.2, 0.25) is 5.76 Å². The first-order valence-electron chi connectivity index (χ1n) is 5.06. The Morgan fingerprint density at radius 2 is 2.00 bits per heavy atom. The third kappa shape index (κ3) is 1.95. The molecule has 16 heavy (non-hydrogen) atoms. The van der Waals surface area contributed by atoms with Crippen LogP contribution in [0.2, 0.25) is 0 Å². The molecule has 1 aromatic carbocycles. The first-order chi connectivity index (χ1) is 7.74. The van der Waals surface area contributed by atoms with Crippen LogP contribution >= 0.6 is 0 Å². The predicted molar refractivity (Wildman–Crippen MR) is 64.0 cm³/mol. The van der Waals surface area contributed by atoms with E-state index in [0.29, 0.717) is 11.1 Å². The molecule has 0 fully saturated rings. The highest BCUT2D eigenvalue weighted by Crippen LogP contribution is 2.23. The highest BCUT2D eigenvalue weighted by atomic mass is 16.3. The number of carbonyl (C=O) groups excluding carboxylic acids is 1. The Hall–Kier alpha value is -2.10. The number of nitrogens with one attached hydrogen (secondary N) is 1. The zero-order valence-corrected chi connectivity index (χ0v) is 9.28. The molecule has 0 saturated heterocycles. The van der Waals surface area contributed by atoms with Crippen molar-refractivity contribution in [3.05, 3.63) is 35.6 Å². The molecule has 0 aliphatic rings. The Morgan fingerprint density at radius 1 is 1.38 bits per heavy atom. The van der Waals surface area contributed by atoms with Crippen LogP contribution in [0.25, 0.3) is 11.0 Å². The van der Waals surface area contributed by atoms with Crippen LogP contribution in [-0.2, 0) is 0 Å². The van der Waals surface area contributed by atoms with Gasteiger partial charge in [-0.15, -0.1) is 0 Å². The van der Waals surface area contributed by atoms with Crippen molar-refractivity contribution in [2.24, 2.45) is 5.73 Å². The zero-order chi connectivity index (χ0) is 12.1. The summed E-state index contributed by atoms with van der Waals surface area (Å²) in [7, 11) is 0. The number of primary amides is 1. The van der Waals surface area contributed by atoms with Crippen molar-refractivity contribution in [1.29, 1.82) is 5.41 Å². The summed E-state index contributed by atoms with van der Waals surface area (Å²) < 4.78 is 5.23.